The number of aryl methyl sites for hydroxylation is 1. The van der Waals surface area contributed by atoms with Gasteiger partial charge < -0.3 is 5.73 Å². The normalized spacial score (nSPS) is 17.3. The Labute approximate surface area is 65.4 Å². The molecular weight excluding hydrogens is 140 g/mol. The van der Waals surface area contributed by atoms with Crippen LogP contribution in [0.5, 0.6) is 0 Å². The van der Waals surface area contributed by atoms with Gasteiger partial charge in [0.05, 0.1) is 6.54 Å². The summed E-state index contributed by atoms with van der Waals surface area (Å²) in [4.78, 5) is 4.32. The highest BCUT2D eigenvalue weighted by molar-refractivity contribution is 5.05. The molecule has 0 bridgehead atoms. The Morgan fingerprint density at radius 3 is 2.82 bits per heavy atom. The Hall–Kier alpha value is -0.900. The lowest BCUT2D eigenvalue weighted by atomic mass is 10.4. The number of nitrogens with two attached hydrogens (primary N) is 1. The van der Waals surface area contributed by atoms with E-state index in [-0.39, 0.29) is 0 Å². The first-order valence-corrected chi connectivity index (χ1v) is 3.91. The molecule has 0 aliphatic heterocycles. The first-order valence-electron chi connectivity index (χ1n) is 3.91. The highest BCUT2D eigenvalue weighted by atomic mass is 15.3. The van der Waals surface area contributed by atoms with Crippen molar-refractivity contribution in [2.75, 3.05) is 0 Å². The van der Waals surface area contributed by atoms with Crippen molar-refractivity contribution in [3.63, 3.8) is 0 Å². The Bertz CT molecular complexity index is 261. The molecule has 0 aromatic carbocycles. The first-order chi connectivity index (χ1) is 5.31. The lowest BCUT2D eigenvalue weighted by Gasteiger charge is -1.90. The lowest BCUT2D eigenvalue weighted by molar-refractivity contribution is 0.694. The van der Waals surface area contributed by atoms with Crippen LogP contribution in [0.15, 0.2) is 0 Å². The van der Waals surface area contributed by atoms with Gasteiger partial charge in [-0.05, 0) is 12.8 Å². The largest absolute Gasteiger partial charge is 0.324 e. The zero-order chi connectivity index (χ0) is 7.84. The molecule has 11 heavy (non-hydrogen) atoms. The molecule has 60 valence electrons. The van der Waals surface area contributed by atoms with Gasteiger partial charge in [-0.25, -0.2) is 4.98 Å². The molecule has 4 heteroatoms. The van der Waals surface area contributed by atoms with Crippen molar-refractivity contribution >= 4 is 0 Å². The minimum Gasteiger partial charge on any atom is -0.324 e. The van der Waals surface area contributed by atoms with Crippen molar-refractivity contribution < 1.29 is 0 Å². The lowest BCUT2D eigenvalue weighted by Crippen LogP contribution is -2.05. The fraction of sp³-hybridized carbons (Fsp3) is 0.714. The minimum atomic E-state index is 0.482. The quantitative estimate of drug-likeness (QED) is 0.656. The van der Waals surface area contributed by atoms with Crippen LogP contribution in [0.1, 0.15) is 30.4 Å². The molecule has 4 nitrogen and oxygen atoms in total. The molecule has 1 aliphatic rings. The summed E-state index contributed by atoms with van der Waals surface area (Å²) in [5.74, 6) is 2.49. The predicted molar refractivity (Wildman–Crippen MR) is 40.9 cm³/mol. The summed E-state index contributed by atoms with van der Waals surface area (Å²) in [5.41, 5.74) is 5.46. The first kappa shape index (κ1) is 6.79. The molecule has 1 aromatic heterocycles. The molecule has 2 N–H and O–H groups in total. The van der Waals surface area contributed by atoms with Gasteiger partial charge in [0, 0.05) is 13.0 Å². The third-order valence-electron chi connectivity index (χ3n) is 1.99. The summed E-state index contributed by atoms with van der Waals surface area (Å²) >= 11 is 0. The predicted octanol–water partition coefficient (Wildman–Crippen LogP) is 0.151. The van der Waals surface area contributed by atoms with E-state index in [2.05, 4.69) is 10.1 Å². The van der Waals surface area contributed by atoms with Crippen LogP contribution >= 0.6 is 0 Å². The van der Waals surface area contributed by atoms with Crippen molar-refractivity contribution in [1.29, 1.82) is 0 Å². The maximum atomic E-state index is 5.46. The van der Waals surface area contributed by atoms with E-state index in [0.717, 1.165) is 11.6 Å². The van der Waals surface area contributed by atoms with Crippen molar-refractivity contribution in [2.24, 2.45) is 12.8 Å². The molecule has 0 amide bonds. The number of hydrogen-bond donors (Lipinski definition) is 1. The maximum Gasteiger partial charge on any atom is 0.154 e. The van der Waals surface area contributed by atoms with Crippen LogP contribution in [0.4, 0.5) is 0 Å². The van der Waals surface area contributed by atoms with Gasteiger partial charge in [-0.15, -0.1) is 0 Å². The molecule has 1 heterocycles. The summed E-state index contributed by atoms with van der Waals surface area (Å²) in [6.07, 6.45) is 2.49. The highest BCUT2D eigenvalue weighted by Gasteiger charge is 2.28. The molecule has 1 fully saturated rings. The zero-order valence-electron chi connectivity index (χ0n) is 6.62. The number of hydrogen-bond acceptors (Lipinski definition) is 3. The van der Waals surface area contributed by atoms with Crippen LogP contribution in [-0.2, 0) is 13.6 Å². The molecule has 0 saturated heterocycles. The summed E-state index contributed by atoms with van der Waals surface area (Å²) < 4.78 is 1.77. The summed E-state index contributed by atoms with van der Waals surface area (Å²) in [6, 6.07) is 0. The van der Waals surface area contributed by atoms with E-state index in [1.807, 2.05) is 7.05 Å². The SMILES string of the molecule is Cn1nc(C2CC2)nc1CN. The van der Waals surface area contributed by atoms with Crippen LogP contribution in [0.25, 0.3) is 0 Å². The Balaban J connectivity index is 2.28. The van der Waals surface area contributed by atoms with Crippen LogP contribution in [0.2, 0.25) is 0 Å². The summed E-state index contributed by atoms with van der Waals surface area (Å²) in [6.45, 7) is 0.482. The third-order valence-corrected chi connectivity index (χ3v) is 1.99. The smallest absolute Gasteiger partial charge is 0.154 e. The molecule has 1 aliphatic carbocycles. The second-order valence-corrected chi connectivity index (χ2v) is 2.99. The van der Waals surface area contributed by atoms with Gasteiger partial charge in [-0.3, -0.25) is 4.68 Å². The highest BCUT2D eigenvalue weighted by Crippen LogP contribution is 2.37. The van der Waals surface area contributed by atoms with Crippen molar-refractivity contribution in [2.45, 2.75) is 25.3 Å². The Morgan fingerprint density at radius 1 is 1.64 bits per heavy atom. The fourth-order valence-corrected chi connectivity index (χ4v) is 1.13. The van der Waals surface area contributed by atoms with Crippen molar-refractivity contribution in [1.82, 2.24) is 14.8 Å². The van der Waals surface area contributed by atoms with Crippen LogP contribution in [0, 0.1) is 0 Å². The van der Waals surface area contributed by atoms with Gasteiger partial charge in [0.2, 0.25) is 0 Å². The zero-order valence-corrected chi connectivity index (χ0v) is 6.62. The number of aromatic nitrogens is 3. The molecule has 1 saturated carbocycles. The molecule has 0 radical (unpaired) electrons. The minimum absolute atomic E-state index is 0.482. The van der Waals surface area contributed by atoms with Crippen molar-refractivity contribution in [3.8, 4) is 0 Å². The second-order valence-electron chi connectivity index (χ2n) is 2.99. The van der Waals surface area contributed by atoms with Gasteiger partial charge in [-0.2, -0.15) is 5.10 Å². The van der Waals surface area contributed by atoms with Gasteiger partial charge in [0.15, 0.2) is 5.82 Å². The van der Waals surface area contributed by atoms with E-state index in [1.54, 1.807) is 4.68 Å². The van der Waals surface area contributed by atoms with E-state index in [4.69, 9.17) is 5.73 Å². The monoisotopic (exact) mass is 152 g/mol. The van der Waals surface area contributed by atoms with Gasteiger partial charge in [0.1, 0.15) is 5.82 Å². The van der Waals surface area contributed by atoms with Gasteiger partial charge in [-0.1, -0.05) is 0 Å². The Morgan fingerprint density at radius 2 is 2.36 bits per heavy atom. The van der Waals surface area contributed by atoms with Crippen LogP contribution in [-0.4, -0.2) is 14.8 Å². The number of nitrogens with zero attached hydrogens (tertiary/aromatic N) is 3. The average Bonchev–Trinajstić information content (AvgIpc) is 2.76. The molecule has 2 rings (SSSR count). The maximum absolute atomic E-state index is 5.46. The average molecular weight is 152 g/mol. The van der Waals surface area contributed by atoms with Crippen LogP contribution in [0.3, 0.4) is 0 Å². The molecule has 0 unspecified atom stereocenters. The summed E-state index contributed by atoms with van der Waals surface area (Å²) in [5, 5.41) is 4.27. The van der Waals surface area contributed by atoms with E-state index in [1.165, 1.54) is 12.8 Å². The van der Waals surface area contributed by atoms with Crippen molar-refractivity contribution in [3.05, 3.63) is 11.6 Å². The van der Waals surface area contributed by atoms with E-state index in [9.17, 15) is 0 Å². The summed E-state index contributed by atoms with van der Waals surface area (Å²) in [7, 11) is 1.89. The van der Waals surface area contributed by atoms with E-state index in [0.29, 0.717) is 12.5 Å². The molecular formula is C7H12N4. The van der Waals surface area contributed by atoms with Crippen LogP contribution < -0.4 is 5.73 Å². The topological polar surface area (TPSA) is 56.7 Å². The fourth-order valence-electron chi connectivity index (χ4n) is 1.13. The standard InChI is InChI=1S/C7H12N4/c1-11-6(4-8)9-7(10-11)5-2-3-5/h5H,2-4,8H2,1H3. The van der Waals surface area contributed by atoms with E-state index < -0.39 is 0 Å². The third kappa shape index (κ3) is 1.14. The van der Waals surface area contributed by atoms with Gasteiger partial charge in [0.25, 0.3) is 0 Å². The molecule has 0 spiro atoms. The van der Waals surface area contributed by atoms with E-state index >= 15 is 0 Å². The second kappa shape index (κ2) is 2.30. The molecule has 1 aromatic rings. The number of rotatable bonds is 2. The Kier molecular flexibility index (Phi) is 1.42. The molecule has 0 atom stereocenters. The van der Waals surface area contributed by atoms with Gasteiger partial charge >= 0.3 is 0 Å².